The molecule has 2 N–H and O–H groups in total. The maximum Gasteiger partial charge on any atom is 0.270 e. The van der Waals surface area contributed by atoms with Crippen LogP contribution in [0.4, 0.5) is 5.69 Å². The fraction of sp³-hybridized carbons (Fsp3) is 0.400. The third kappa shape index (κ3) is 4.43. The zero-order chi connectivity index (χ0) is 16.1. The summed E-state index contributed by atoms with van der Waals surface area (Å²) in [4.78, 5) is 19.8. The first-order valence-electron chi connectivity index (χ1n) is 7.28. The normalized spacial score (nSPS) is 11.3. The maximum atomic E-state index is 10.9. The van der Waals surface area contributed by atoms with Crippen LogP contribution in [-0.4, -0.2) is 52.3 Å². The number of nitrogens with one attached hydrogen (secondary N) is 1. The third-order valence-electron chi connectivity index (χ3n) is 3.67. The highest BCUT2D eigenvalue weighted by Gasteiger charge is 2.13. The van der Waals surface area contributed by atoms with E-state index in [9.17, 15) is 15.2 Å². The lowest BCUT2D eigenvalue weighted by Gasteiger charge is -2.15. The Morgan fingerprint density at radius 3 is 2.70 bits per heavy atom. The maximum absolute atomic E-state index is 10.9. The first-order chi connectivity index (χ1) is 10.6. The van der Waals surface area contributed by atoms with E-state index in [4.69, 9.17) is 0 Å². The van der Waals surface area contributed by atoms with Crippen LogP contribution in [0.15, 0.2) is 23.2 Å². The molecule has 0 atom stereocenters. The standard InChI is InChI=1S/C15H20N4O3.ClH/c1-3-18(4-2)8-7-16-10-13-12-9-11(19(21)22)5-6-14(12)17-15(13)20;/h5-6,9-10,17,20H,3-4,7-8H2,1-2H3;1H. The number of H-pyrrole nitrogens is 1. The van der Waals surface area contributed by atoms with Crippen LogP contribution in [0.2, 0.25) is 0 Å². The van der Waals surface area contributed by atoms with E-state index in [0.717, 1.165) is 19.6 Å². The second-order valence-corrected chi connectivity index (χ2v) is 4.94. The molecule has 2 aromatic rings. The molecule has 2 rings (SSSR count). The highest BCUT2D eigenvalue weighted by Crippen LogP contribution is 2.28. The lowest BCUT2D eigenvalue weighted by Crippen LogP contribution is -2.25. The number of nitrogens with zero attached hydrogens (tertiary/aromatic N) is 3. The molecular weight excluding hydrogens is 320 g/mol. The summed E-state index contributed by atoms with van der Waals surface area (Å²) in [5, 5.41) is 21.4. The first kappa shape index (κ1) is 18.9. The number of halogens is 1. The average Bonchev–Trinajstić information content (AvgIpc) is 2.82. The summed E-state index contributed by atoms with van der Waals surface area (Å²) < 4.78 is 0. The van der Waals surface area contributed by atoms with Crippen molar-refractivity contribution in [2.45, 2.75) is 13.8 Å². The summed E-state index contributed by atoms with van der Waals surface area (Å²) in [6, 6.07) is 4.43. The van der Waals surface area contributed by atoms with Crippen molar-refractivity contribution in [2.75, 3.05) is 26.2 Å². The second kappa shape index (κ2) is 8.50. The van der Waals surface area contributed by atoms with Crippen LogP contribution in [0.3, 0.4) is 0 Å². The number of nitro groups is 1. The lowest BCUT2D eigenvalue weighted by molar-refractivity contribution is -0.384. The number of aromatic nitrogens is 1. The van der Waals surface area contributed by atoms with Gasteiger partial charge in [0.15, 0.2) is 5.88 Å². The summed E-state index contributed by atoms with van der Waals surface area (Å²) in [6.45, 7) is 7.58. The van der Waals surface area contributed by atoms with Crippen molar-refractivity contribution in [3.05, 3.63) is 33.9 Å². The second-order valence-electron chi connectivity index (χ2n) is 4.94. The van der Waals surface area contributed by atoms with Crippen LogP contribution >= 0.6 is 12.4 Å². The van der Waals surface area contributed by atoms with Gasteiger partial charge in [-0.1, -0.05) is 13.8 Å². The molecule has 0 saturated heterocycles. The number of hydrogen-bond donors (Lipinski definition) is 2. The fourth-order valence-electron chi connectivity index (χ4n) is 2.33. The number of benzene rings is 1. The summed E-state index contributed by atoms with van der Waals surface area (Å²) in [6.07, 6.45) is 1.57. The number of nitro benzene ring substituents is 1. The van der Waals surface area contributed by atoms with Crippen molar-refractivity contribution in [1.29, 1.82) is 0 Å². The number of fused-ring (bicyclic) bond motifs is 1. The minimum Gasteiger partial charge on any atom is -0.494 e. The Kier molecular flexibility index (Phi) is 6.99. The van der Waals surface area contributed by atoms with E-state index < -0.39 is 4.92 Å². The third-order valence-corrected chi connectivity index (χ3v) is 3.67. The molecule has 0 aliphatic rings. The highest BCUT2D eigenvalue weighted by atomic mass is 35.5. The van der Waals surface area contributed by atoms with Crippen LogP contribution in [0.1, 0.15) is 19.4 Å². The van der Waals surface area contributed by atoms with Crippen molar-refractivity contribution in [3.8, 4) is 5.88 Å². The van der Waals surface area contributed by atoms with Gasteiger partial charge in [0.2, 0.25) is 0 Å². The van der Waals surface area contributed by atoms with Crippen LogP contribution in [-0.2, 0) is 0 Å². The summed E-state index contributed by atoms with van der Waals surface area (Å²) in [5.41, 5.74) is 1.12. The number of non-ortho nitro benzene ring substituents is 1. The van der Waals surface area contributed by atoms with Crippen molar-refractivity contribution >= 4 is 35.2 Å². The molecule has 7 nitrogen and oxygen atoms in total. The van der Waals surface area contributed by atoms with Gasteiger partial charge in [-0.25, -0.2) is 0 Å². The smallest absolute Gasteiger partial charge is 0.270 e. The van der Waals surface area contributed by atoms with Gasteiger partial charge in [0.25, 0.3) is 5.69 Å². The van der Waals surface area contributed by atoms with Gasteiger partial charge in [-0.3, -0.25) is 15.1 Å². The molecule has 8 heteroatoms. The Morgan fingerprint density at radius 2 is 2.09 bits per heavy atom. The Balaban J connectivity index is 0.00000264. The van der Waals surface area contributed by atoms with Crippen LogP contribution < -0.4 is 0 Å². The Labute approximate surface area is 140 Å². The minimum atomic E-state index is -0.454. The average molecular weight is 341 g/mol. The van der Waals surface area contributed by atoms with Crippen LogP contribution in [0.25, 0.3) is 10.9 Å². The molecule has 0 radical (unpaired) electrons. The Bertz CT molecular complexity index is 695. The molecule has 0 unspecified atom stereocenters. The van der Waals surface area contributed by atoms with Crippen LogP contribution in [0, 0.1) is 10.1 Å². The summed E-state index contributed by atoms with van der Waals surface area (Å²) in [5.74, 6) is -0.0258. The highest BCUT2D eigenvalue weighted by molar-refractivity contribution is 6.02. The van der Waals surface area contributed by atoms with Gasteiger partial charge in [0.1, 0.15) is 0 Å². The zero-order valence-corrected chi connectivity index (χ0v) is 14.0. The molecule has 1 aromatic heterocycles. The van der Waals surface area contributed by atoms with E-state index in [1.807, 2.05) is 0 Å². The Hall–Kier alpha value is -2.12. The van der Waals surface area contributed by atoms with E-state index in [0.29, 0.717) is 23.0 Å². The van der Waals surface area contributed by atoms with Gasteiger partial charge < -0.3 is 15.0 Å². The van der Waals surface area contributed by atoms with E-state index in [2.05, 4.69) is 28.7 Å². The number of aliphatic imine (C=N–C) groups is 1. The molecule has 1 aromatic carbocycles. The predicted octanol–water partition coefficient (Wildman–Crippen LogP) is 2.96. The fourth-order valence-corrected chi connectivity index (χ4v) is 2.33. The molecule has 0 aliphatic carbocycles. The molecule has 126 valence electrons. The number of likely N-dealkylation sites (N-methyl/N-ethyl adjacent to an activating group) is 1. The Morgan fingerprint density at radius 1 is 1.39 bits per heavy atom. The van der Waals surface area contributed by atoms with Crippen molar-refractivity contribution in [1.82, 2.24) is 9.88 Å². The summed E-state index contributed by atoms with van der Waals surface area (Å²) in [7, 11) is 0. The number of hydrogen-bond acceptors (Lipinski definition) is 5. The van der Waals surface area contributed by atoms with Crippen LogP contribution in [0.5, 0.6) is 5.88 Å². The number of aromatic amines is 1. The number of aromatic hydroxyl groups is 1. The number of rotatable bonds is 7. The molecule has 0 saturated carbocycles. The first-order valence-corrected chi connectivity index (χ1v) is 7.28. The van der Waals surface area contributed by atoms with E-state index in [-0.39, 0.29) is 24.0 Å². The molecule has 1 heterocycles. The van der Waals surface area contributed by atoms with E-state index in [1.165, 1.54) is 12.1 Å². The largest absolute Gasteiger partial charge is 0.494 e. The molecule has 0 fully saturated rings. The summed E-state index contributed by atoms with van der Waals surface area (Å²) >= 11 is 0. The van der Waals surface area contributed by atoms with Gasteiger partial charge in [-0.2, -0.15) is 0 Å². The van der Waals surface area contributed by atoms with Gasteiger partial charge >= 0.3 is 0 Å². The van der Waals surface area contributed by atoms with Crippen molar-refractivity contribution in [3.63, 3.8) is 0 Å². The molecular formula is C15H21ClN4O3. The topological polar surface area (TPSA) is 94.8 Å². The van der Waals surface area contributed by atoms with Crippen molar-refractivity contribution < 1.29 is 10.0 Å². The van der Waals surface area contributed by atoms with Gasteiger partial charge in [0.05, 0.1) is 17.0 Å². The van der Waals surface area contributed by atoms with Gasteiger partial charge in [0, 0.05) is 35.8 Å². The van der Waals surface area contributed by atoms with Gasteiger partial charge in [-0.15, -0.1) is 12.4 Å². The molecule has 0 spiro atoms. The SMILES string of the molecule is CCN(CC)CCN=Cc1c(O)[nH]c2ccc([N+](=O)[O-])cc12.Cl. The van der Waals surface area contributed by atoms with E-state index in [1.54, 1.807) is 12.3 Å². The van der Waals surface area contributed by atoms with Crippen molar-refractivity contribution in [2.24, 2.45) is 4.99 Å². The predicted molar refractivity (Wildman–Crippen MR) is 94.1 cm³/mol. The van der Waals surface area contributed by atoms with Gasteiger partial charge in [-0.05, 0) is 19.2 Å². The minimum absolute atomic E-state index is 0. The molecule has 23 heavy (non-hydrogen) atoms. The van der Waals surface area contributed by atoms with E-state index >= 15 is 0 Å². The quantitative estimate of drug-likeness (QED) is 0.460. The molecule has 0 bridgehead atoms. The lowest BCUT2D eigenvalue weighted by atomic mass is 10.1. The molecule has 0 aliphatic heterocycles. The zero-order valence-electron chi connectivity index (χ0n) is 13.2. The monoisotopic (exact) mass is 340 g/mol. The molecule has 0 amide bonds.